The van der Waals surface area contributed by atoms with Crippen LogP contribution in [0.2, 0.25) is 0 Å². The molecule has 0 radical (unpaired) electrons. The third-order valence-corrected chi connectivity index (χ3v) is 3.35. The van der Waals surface area contributed by atoms with E-state index < -0.39 is 5.97 Å². The highest BCUT2D eigenvalue weighted by molar-refractivity contribution is 5.85. The summed E-state index contributed by atoms with van der Waals surface area (Å²) in [6.45, 7) is 8.57. The standard InChI is InChI=1S/C16H20N2O2/c1-11-7-5-6-8-12(11)10-18-13(15(19)20)9-14(17-18)16(2,3)4/h5-9H,10H2,1-4H3,(H,19,20). The second-order valence-electron chi connectivity index (χ2n) is 6.05. The Balaban J connectivity index is 2.43. The normalized spacial score (nSPS) is 11.6. The highest BCUT2D eigenvalue weighted by Gasteiger charge is 2.22. The molecule has 2 aromatic rings. The minimum atomic E-state index is -0.943. The summed E-state index contributed by atoms with van der Waals surface area (Å²) in [5.41, 5.74) is 3.08. The number of aryl methyl sites for hydroxylation is 1. The average Bonchev–Trinajstić information content (AvgIpc) is 2.76. The van der Waals surface area contributed by atoms with Crippen molar-refractivity contribution in [3.63, 3.8) is 0 Å². The first kappa shape index (κ1) is 14.3. The van der Waals surface area contributed by atoms with E-state index in [1.54, 1.807) is 10.7 Å². The molecular formula is C16H20N2O2. The van der Waals surface area contributed by atoms with Crippen molar-refractivity contribution in [1.82, 2.24) is 9.78 Å². The number of carboxylic acid groups (broad SMARTS) is 1. The number of benzene rings is 1. The summed E-state index contributed by atoms with van der Waals surface area (Å²) in [6, 6.07) is 9.61. The van der Waals surface area contributed by atoms with Crippen LogP contribution in [-0.4, -0.2) is 20.9 Å². The smallest absolute Gasteiger partial charge is 0.354 e. The minimum absolute atomic E-state index is 0.165. The molecule has 0 saturated carbocycles. The monoisotopic (exact) mass is 272 g/mol. The van der Waals surface area contributed by atoms with Gasteiger partial charge in [-0.2, -0.15) is 5.10 Å². The first-order valence-electron chi connectivity index (χ1n) is 6.65. The third kappa shape index (κ3) is 2.90. The van der Waals surface area contributed by atoms with Gasteiger partial charge < -0.3 is 5.11 Å². The second-order valence-corrected chi connectivity index (χ2v) is 6.05. The predicted molar refractivity (Wildman–Crippen MR) is 78.2 cm³/mol. The molecule has 0 unspecified atom stereocenters. The predicted octanol–water partition coefficient (Wildman–Crippen LogP) is 3.24. The molecule has 0 fully saturated rings. The van der Waals surface area contributed by atoms with Crippen LogP contribution in [0, 0.1) is 6.92 Å². The number of aromatic nitrogens is 2. The summed E-state index contributed by atoms with van der Waals surface area (Å²) in [7, 11) is 0. The van der Waals surface area contributed by atoms with E-state index in [4.69, 9.17) is 0 Å². The van der Waals surface area contributed by atoms with Crippen LogP contribution in [0.5, 0.6) is 0 Å². The van der Waals surface area contributed by atoms with Crippen LogP contribution >= 0.6 is 0 Å². The van der Waals surface area contributed by atoms with Gasteiger partial charge in [0, 0.05) is 5.41 Å². The largest absolute Gasteiger partial charge is 0.477 e. The highest BCUT2D eigenvalue weighted by Crippen LogP contribution is 2.22. The van der Waals surface area contributed by atoms with Gasteiger partial charge in [-0.3, -0.25) is 4.68 Å². The zero-order valence-electron chi connectivity index (χ0n) is 12.3. The second kappa shape index (κ2) is 5.12. The van der Waals surface area contributed by atoms with Gasteiger partial charge in [-0.05, 0) is 24.1 Å². The maximum absolute atomic E-state index is 11.4. The molecule has 0 aliphatic rings. The number of hydrogen-bond acceptors (Lipinski definition) is 2. The van der Waals surface area contributed by atoms with E-state index in [2.05, 4.69) is 5.10 Å². The van der Waals surface area contributed by atoms with Crippen molar-refractivity contribution < 1.29 is 9.90 Å². The summed E-state index contributed by atoms with van der Waals surface area (Å²) in [5, 5.41) is 13.8. The van der Waals surface area contributed by atoms with Gasteiger partial charge in [0.2, 0.25) is 0 Å². The fraction of sp³-hybridized carbons (Fsp3) is 0.375. The van der Waals surface area contributed by atoms with Gasteiger partial charge in [-0.1, -0.05) is 45.0 Å². The molecule has 0 bridgehead atoms. The van der Waals surface area contributed by atoms with E-state index >= 15 is 0 Å². The lowest BCUT2D eigenvalue weighted by atomic mass is 9.92. The number of aromatic carboxylic acids is 1. The van der Waals surface area contributed by atoms with Crippen molar-refractivity contribution in [2.24, 2.45) is 0 Å². The Kier molecular flexibility index (Phi) is 3.66. The Hall–Kier alpha value is -2.10. The summed E-state index contributed by atoms with van der Waals surface area (Å²) in [6.07, 6.45) is 0. The van der Waals surface area contributed by atoms with Gasteiger partial charge in [0.05, 0.1) is 12.2 Å². The zero-order valence-corrected chi connectivity index (χ0v) is 12.3. The van der Waals surface area contributed by atoms with E-state index in [1.165, 1.54) is 0 Å². The molecular weight excluding hydrogens is 252 g/mol. The number of carbonyl (C=O) groups is 1. The molecule has 0 amide bonds. The molecule has 1 N–H and O–H groups in total. The molecule has 1 aromatic carbocycles. The minimum Gasteiger partial charge on any atom is -0.477 e. The molecule has 2 rings (SSSR count). The number of nitrogens with zero attached hydrogens (tertiary/aromatic N) is 2. The van der Waals surface area contributed by atoms with Crippen molar-refractivity contribution >= 4 is 5.97 Å². The molecule has 1 aromatic heterocycles. The van der Waals surface area contributed by atoms with Crippen LogP contribution in [0.3, 0.4) is 0 Å². The average molecular weight is 272 g/mol. The van der Waals surface area contributed by atoms with Gasteiger partial charge in [0.15, 0.2) is 0 Å². The molecule has 106 valence electrons. The Labute approximate surface area is 119 Å². The molecule has 20 heavy (non-hydrogen) atoms. The fourth-order valence-electron chi connectivity index (χ4n) is 2.02. The van der Waals surface area contributed by atoms with Crippen LogP contribution in [0.1, 0.15) is 48.1 Å². The summed E-state index contributed by atoms with van der Waals surface area (Å²) in [5.74, 6) is -0.943. The Morgan fingerprint density at radius 1 is 1.30 bits per heavy atom. The molecule has 4 nitrogen and oxygen atoms in total. The maximum atomic E-state index is 11.4. The van der Waals surface area contributed by atoms with Crippen LogP contribution in [0.25, 0.3) is 0 Å². The van der Waals surface area contributed by atoms with Crippen molar-refractivity contribution in [3.8, 4) is 0 Å². The lowest BCUT2D eigenvalue weighted by Crippen LogP contribution is -2.14. The number of carboxylic acids is 1. The maximum Gasteiger partial charge on any atom is 0.354 e. The highest BCUT2D eigenvalue weighted by atomic mass is 16.4. The zero-order chi connectivity index (χ0) is 14.9. The molecule has 0 aliphatic heterocycles. The molecule has 0 atom stereocenters. The van der Waals surface area contributed by atoms with Gasteiger partial charge in [-0.25, -0.2) is 4.79 Å². The summed E-state index contributed by atoms with van der Waals surface area (Å²) >= 11 is 0. The van der Waals surface area contributed by atoms with Crippen molar-refractivity contribution in [1.29, 1.82) is 0 Å². The van der Waals surface area contributed by atoms with Crippen LogP contribution in [0.4, 0.5) is 0 Å². The summed E-state index contributed by atoms with van der Waals surface area (Å²) in [4.78, 5) is 11.4. The lowest BCUT2D eigenvalue weighted by molar-refractivity contribution is 0.0684. The van der Waals surface area contributed by atoms with E-state index in [0.717, 1.165) is 16.8 Å². The molecule has 0 aliphatic carbocycles. The quantitative estimate of drug-likeness (QED) is 0.933. The van der Waals surface area contributed by atoms with Crippen LogP contribution in [0.15, 0.2) is 30.3 Å². The third-order valence-electron chi connectivity index (χ3n) is 3.35. The Bertz CT molecular complexity index is 636. The number of hydrogen-bond donors (Lipinski definition) is 1. The van der Waals surface area contributed by atoms with E-state index in [9.17, 15) is 9.90 Å². The first-order chi connectivity index (χ1) is 9.29. The van der Waals surface area contributed by atoms with Gasteiger partial charge in [0.1, 0.15) is 5.69 Å². The van der Waals surface area contributed by atoms with Gasteiger partial charge in [-0.15, -0.1) is 0 Å². The first-order valence-corrected chi connectivity index (χ1v) is 6.65. The van der Waals surface area contributed by atoms with Gasteiger partial charge >= 0.3 is 5.97 Å². The van der Waals surface area contributed by atoms with Gasteiger partial charge in [0.25, 0.3) is 0 Å². The number of rotatable bonds is 3. The Morgan fingerprint density at radius 3 is 2.50 bits per heavy atom. The molecule has 1 heterocycles. The Morgan fingerprint density at radius 2 is 1.95 bits per heavy atom. The molecule has 0 spiro atoms. The molecule has 4 heteroatoms. The molecule has 0 saturated heterocycles. The van der Waals surface area contributed by atoms with Crippen LogP contribution in [-0.2, 0) is 12.0 Å². The topological polar surface area (TPSA) is 55.1 Å². The SMILES string of the molecule is Cc1ccccc1Cn1nc(C(C)(C)C)cc1C(=O)O. The van der Waals surface area contributed by atoms with E-state index in [-0.39, 0.29) is 11.1 Å². The van der Waals surface area contributed by atoms with Crippen molar-refractivity contribution in [2.45, 2.75) is 39.7 Å². The lowest BCUT2D eigenvalue weighted by Gasteiger charge is -2.14. The van der Waals surface area contributed by atoms with Crippen molar-refractivity contribution in [3.05, 3.63) is 52.8 Å². The van der Waals surface area contributed by atoms with Crippen LogP contribution < -0.4 is 0 Å². The van der Waals surface area contributed by atoms with E-state index in [1.807, 2.05) is 52.0 Å². The van der Waals surface area contributed by atoms with E-state index in [0.29, 0.717) is 6.54 Å². The van der Waals surface area contributed by atoms with Crippen molar-refractivity contribution in [2.75, 3.05) is 0 Å². The summed E-state index contributed by atoms with van der Waals surface area (Å²) < 4.78 is 1.57. The fourth-order valence-corrected chi connectivity index (χ4v) is 2.02.